The van der Waals surface area contributed by atoms with Crippen LogP contribution in [0, 0.1) is 13.8 Å². The lowest BCUT2D eigenvalue weighted by atomic mass is 10.00. The summed E-state index contributed by atoms with van der Waals surface area (Å²) in [4.78, 5) is 33.1. The van der Waals surface area contributed by atoms with Gasteiger partial charge in [-0.1, -0.05) is 42.5 Å². The highest BCUT2D eigenvalue weighted by Gasteiger charge is 2.33. The fourth-order valence-electron chi connectivity index (χ4n) is 4.12. The van der Waals surface area contributed by atoms with E-state index in [1.54, 1.807) is 16.8 Å². The van der Waals surface area contributed by atoms with Gasteiger partial charge >= 0.3 is 0 Å². The number of carbonyl (C=O) groups is 2. The molecule has 9 nitrogen and oxygen atoms in total. The molecule has 0 saturated heterocycles. The number of rotatable bonds is 6. The number of anilines is 1. The molecule has 1 aliphatic rings. The van der Waals surface area contributed by atoms with Crippen LogP contribution in [0.3, 0.4) is 0 Å². The average Bonchev–Trinajstić information content (AvgIpc) is 3.13. The third-order valence-corrected chi connectivity index (χ3v) is 6.86. The van der Waals surface area contributed by atoms with Crippen LogP contribution in [0.15, 0.2) is 60.7 Å². The maximum absolute atomic E-state index is 12.8. The van der Waals surface area contributed by atoms with E-state index in [1.807, 2.05) is 62.4 Å². The van der Waals surface area contributed by atoms with Gasteiger partial charge in [0.15, 0.2) is 6.61 Å². The second kappa shape index (κ2) is 9.82. The van der Waals surface area contributed by atoms with E-state index in [0.29, 0.717) is 17.5 Å². The van der Waals surface area contributed by atoms with E-state index in [0.717, 1.165) is 33.8 Å². The summed E-state index contributed by atoms with van der Waals surface area (Å²) >= 11 is 1.51. The molecule has 0 saturated carbocycles. The minimum Gasteiger partial charge on any atom is -0.484 e. The van der Waals surface area contributed by atoms with Gasteiger partial charge in [0.1, 0.15) is 11.6 Å². The summed E-state index contributed by atoms with van der Waals surface area (Å²) in [6.45, 7) is 3.61. The Morgan fingerprint density at radius 2 is 1.81 bits per heavy atom. The standard InChI is InChI=1S/C26H24N6O3S/c1-15-12-16(2)29-26(28-15)32-25-22(23(31-32)17-6-4-3-5-7-17)24(36-14-21(34)30-25)18-8-10-19(11-9-18)35-13-20(27)33/h3-12,24H,13-14H2,1-2H3,(H2,27,33)(H,30,34)/t24-/m0/s1. The Hall–Kier alpha value is -4.18. The normalized spacial score (nSPS) is 15.1. The van der Waals surface area contributed by atoms with Crippen molar-refractivity contribution in [3.8, 4) is 23.0 Å². The number of amides is 2. The summed E-state index contributed by atoms with van der Waals surface area (Å²) in [6, 6.07) is 19.2. The predicted octanol–water partition coefficient (Wildman–Crippen LogP) is 3.58. The third-order valence-electron chi connectivity index (χ3n) is 5.59. The van der Waals surface area contributed by atoms with Gasteiger partial charge in [0.05, 0.1) is 16.7 Å². The van der Waals surface area contributed by atoms with Gasteiger partial charge in [-0.15, -0.1) is 11.8 Å². The lowest BCUT2D eigenvalue weighted by Gasteiger charge is -2.17. The van der Waals surface area contributed by atoms with Crippen molar-refractivity contribution in [1.82, 2.24) is 19.7 Å². The van der Waals surface area contributed by atoms with Crippen molar-refractivity contribution >= 4 is 29.4 Å². The van der Waals surface area contributed by atoms with Crippen LogP contribution < -0.4 is 15.8 Å². The second-order valence-electron chi connectivity index (χ2n) is 8.40. The maximum atomic E-state index is 12.8. The first-order valence-corrected chi connectivity index (χ1v) is 12.4. The van der Waals surface area contributed by atoms with Crippen molar-refractivity contribution in [2.24, 2.45) is 5.73 Å². The van der Waals surface area contributed by atoms with E-state index in [4.69, 9.17) is 15.6 Å². The van der Waals surface area contributed by atoms with E-state index < -0.39 is 5.91 Å². The summed E-state index contributed by atoms with van der Waals surface area (Å²) < 4.78 is 7.04. The smallest absolute Gasteiger partial charge is 0.255 e. The molecule has 182 valence electrons. The van der Waals surface area contributed by atoms with Gasteiger partial charge in [-0.25, -0.2) is 9.97 Å². The fraction of sp³-hybridized carbons (Fsp3) is 0.192. The lowest BCUT2D eigenvalue weighted by molar-refractivity contribution is -0.120. The highest BCUT2D eigenvalue weighted by atomic mass is 32.2. The zero-order valence-corrected chi connectivity index (χ0v) is 20.6. The molecule has 0 spiro atoms. The van der Waals surface area contributed by atoms with Crippen molar-refractivity contribution in [2.75, 3.05) is 17.7 Å². The van der Waals surface area contributed by atoms with Crippen molar-refractivity contribution < 1.29 is 14.3 Å². The van der Waals surface area contributed by atoms with Crippen molar-refractivity contribution in [3.05, 3.63) is 83.2 Å². The second-order valence-corrected chi connectivity index (χ2v) is 9.50. The Bertz CT molecular complexity index is 1420. The first-order chi connectivity index (χ1) is 17.4. The van der Waals surface area contributed by atoms with Crippen LogP contribution >= 0.6 is 11.8 Å². The Balaban J connectivity index is 1.68. The van der Waals surface area contributed by atoms with Crippen molar-refractivity contribution in [1.29, 1.82) is 0 Å². The molecule has 5 rings (SSSR count). The molecule has 1 aliphatic heterocycles. The van der Waals surface area contributed by atoms with Crippen LogP contribution in [-0.4, -0.2) is 43.9 Å². The van der Waals surface area contributed by atoms with Gasteiger partial charge in [0.25, 0.3) is 11.9 Å². The van der Waals surface area contributed by atoms with Gasteiger partial charge in [-0.3, -0.25) is 9.59 Å². The molecule has 2 amide bonds. The number of hydrogen-bond acceptors (Lipinski definition) is 7. The van der Waals surface area contributed by atoms with Crippen LogP contribution in [0.2, 0.25) is 0 Å². The number of primary amides is 1. The third kappa shape index (κ3) is 4.80. The number of nitrogens with zero attached hydrogens (tertiary/aromatic N) is 4. The SMILES string of the molecule is Cc1cc(C)nc(-n2nc(-c3ccccc3)c3c2NC(=O)CS[C@H]3c2ccc(OCC(N)=O)cc2)n1. The van der Waals surface area contributed by atoms with Gasteiger partial charge in [0, 0.05) is 22.5 Å². The molecule has 2 aromatic heterocycles. The zero-order chi connectivity index (χ0) is 25.2. The molecule has 0 unspecified atom stereocenters. The summed E-state index contributed by atoms with van der Waals surface area (Å²) in [6.07, 6.45) is 0. The molecular weight excluding hydrogens is 476 g/mol. The van der Waals surface area contributed by atoms with E-state index >= 15 is 0 Å². The number of nitrogens with two attached hydrogens (primary N) is 1. The van der Waals surface area contributed by atoms with E-state index in [9.17, 15) is 9.59 Å². The van der Waals surface area contributed by atoms with Gasteiger partial charge in [0.2, 0.25) is 5.91 Å². The number of aryl methyl sites for hydroxylation is 2. The molecule has 36 heavy (non-hydrogen) atoms. The number of benzene rings is 2. The van der Waals surface area contributed by atoms with Gasteiger partial charge in [-0.05, 0) is 37.6 Å². The molecule has 4 aromatic rings. The number of hydrogen-bond donors (Lipinski definition) is 2. The summed E-state index contributed by atoms with van der Waals surface area (Å²) in [5, 5.41) is 7.76. The van der Waals surface area contributed by atoms with E-state index in [1.165, 1.54) is 11.8 Å². The molecule has 10 heteroatoms. The van der Waals surface area contributed by atoms with Crippen LogP contribution in [0.4, 0.5) is 5.82 Å². The van der Waals surface area contributed by atoms with Gasteiger partial charge in [-0.2, -0.15) is 9.78 Å². The minimum absolute atomic E-state index is 0.129. The molecule has 0 aliphatic carbocycles. The largest absolute Gasteiger partial charge is 0.484 e. The Morgan fingerprint density at radius 1 is 1.11 bits per heavy atom. The van der Waals surface area contributed by atoms with Crippen molar-refractivity contribution in [2.45, 2.75) is 19.1 Å². The number of carbonyl (C=O) groups excluding carboxylic acids is 2. The quantitative estimate of drug-likeness (QED) is 0.414. The Kier molecular flexibility index (Phi) is 6.43. The Morgan fingerprint density at radius 3 is 2.47 bits per heavy atom. The topological polar surface area (TPSA) is 125 Å². The molecule has 0 fully saturated rings. The van der Waals surface area contributed by atoms with Crippen molar-refractivity contribution in [3.63, 3.8) is 0 Å². The maximum Gasteiger partial charge on any atom is 0.255 e. The molecule has 3 N–H and O–H groups in total. The number of nitrogens with one attached hydrogen (secondary N) is 1. The zero-order valence-electron chi connectivity index (χ0n) is 19.8. The van der Waals surface area contributed by atoms with E-state index in [-0.39, 0.29) is 23.5 Å². The number of aromatic nitrogens is 4. The first kappa shape index (κ1) is 23.6. The highest BCUT2D eigenvalue weighted by molar-refractivity contribution is 8.00. The minimum atomic E-state index is -0.541. The molecular formula is C26H24N6O3S. The van der Waals surface area contributed by atoms with Crippen LogP contribution in [0.1, 0.15) is 27.8 Å². The first-order valence-electron chi connectivity index (χ1n) is 11.3. The lowest BCUT2D eigenvalue weighted by Crippen LogP contribution is -2.19. The summed E-state index contributed by atoms with van der Waals surface area (Å²) in [5.74, 6) is 1.07. The molecule has 2 aromatic carbocycles. The molecule has 3 heterocycles. The average molecular weight is 501 g/mol. The molecule has 1 atom stereocenters. The van der Waals surface area contributed by atoms with Crippen LogP contribution in [0.25, 0.3) is 17.2 Å². The Labute approximate surface area is 212 Å². The number of thioether (sulfide) groups is 1. The van der Waals surface area contributed by atoms with Crippen LogP contribution in [-0.2, 0) is 9.59 Å². The predicted molar refractivity (Wildman–Crippen MR) is 138 cm³/mol. The monoisotopic (exact) mass is 500 g/mol. The number of ether oxygens (including phenoxy) is 1. The van der Waals surface area contributed by atoms with Gasteiger partial charge < -0.3 is 15.8 Å². The summed E-state index contributed by atoms with van der Waals surface area (Å²) in [7, 11) is 0. The van der Waals surface area contributed by atoms with Crippen LogP contribution in [0.5, 0.6) is 5.75 Å². The van der Waals surface area contributed by atoms with E-state index in [2.05, 4.69) is 15.3 Å². The molecule has 0 radical (unpaired) electrons. The summed E-state index contributed by atoms with van der Waals surface area (Å²) in [5.41, 5.74) is 10.3. The molecule has 0 bridgehead atoms. The number of fused-ring (bicyclic) bond motifs is 1. The fourth-order valence-corrected chi connectivity index (χ4v) is 5.25. The highest BCUT2D eigenvalue weighted by Crippen LogP contribution is 2.46.